The maximum absolute atomic E-state index is 12.0. The predicted octanol–water partition coefficient (Wildman–Crippen LogP) is 0.713. The number of hydrogen-bond acceptors (Lipinski definition) is 3. The number of amides is 2. The van der Waals surface area contributed by atoms with Gasteiger partial charge in [0.25, 0.3) is 0 Å². The van der Waals surface area contributed by atoms with E-state index in [0.29, 0.717) is 16.8 Å². The number of benzene rings is 2. The molecular weight excluding hydrogens is 319 g/mol. The number of nitrogens with two attached hydrogens (primary N) is 1. The quantitative estimate of drug-likeness (QED) is 0.809. The molecule has 3 N–H and O–H groups in total. The molecule has 6 heteroatoms. The molecule has 0 fully saturated rings. The first-order chi connectivity index (χ1) is 9.60. The molecule has 0 spiro atoms. The van der Waals surface area contributed by atoms with Crippen molar-refractivity contribution in [2.45, 2.75) is 0 Å². The number of hydrogen-bond donors (Lipinski definition) is 2. The van der Waals surface area contributed by atoms with E-state index in [1.807, 2.05) is 0 Å². The van der Waals surface area contributed by atoms with Gasteiger partial charge in [0.05, 0.1) is 0 Å². The van der Waals surface area contributed by atoms with Crippen LogP contribution in [-0.2, 0) is 3.74 Å². The summed E-state index contributed by atoms with van der Waals surface area (Å²) in [5.41, 5.74) is 6.52. The van der Waals surface area contributed by atoms with Crippen molar-refractivity contribution in [2.75, 3.05) is 5.32 Å². The van der Waals surface area contributed by atoms with Gasteiger partial charge in [0.2, 0.25) is 0 Å². The van der Waals surface area contributed by atoms with Gasteiger partial charge in [0, 0.05) is 0 Å². The zero-order valence-corrected chi connectivity index (χ0v) is 12.2. The number of carbonyl (C=O) groups excluding carboxylic acids is 2. The molecule has 2 aromatic rings. The van der Waals surface area contributed by atoms with Crippen LogP contribution in [0.4, 0.5) is 5.69 Å². The average Bonchev–Trinajstić information content (AvgIpc) is 2.48. The molecule has 0 saturated carbocycles. The second kappa shape index (κ2) is 6.26. The third-order valence-electron chi connectivity index (χ3n) is 2.66. The predicted molar refractivity (Wildman–Crippen MR) is 75.4 cm³/mol. The molecule has 0 aliphatic rings. The van der Waals surface area contributed by atoms with Crippen LogP contribution in [0.3, 0.4) is 0 Å². The van der Waals surface area contributed by atoms with E-state index in [1.165, 1.54) is 24.3 Å². The summed E-state index contributed by atoms with van der Waals surface area (Å²) in [7, 11) is 0. The molecule has 0 aromatic heterocycles. The van der Waals surface area contributed by atoms with Crippen LogP contribution >= 0.6 is 0 Å². The fourth-order valence-corrected chi connectivity index (χ4v) is 2.16. The molecular formula is C14H11AsN2O3. The molecule has 20 heavy (non-hydrogen) atoms. The molecule has 0 aliphatic heterocycles. The average molecular weight is 330 g/mol. The zero-order valence-electron chi connectivity index (χ0n) is 10.4. The van der Waals surface area contributed by atoms with Gasteiger partial charge in [0.1, 0.15) is 0 Å². The van der Waals surface area contributed by atoms with Gasteiger partial charge in [-0.3, -0.25) is 0 Å². The van der Waals surface area contributed by atoms with Crippen LogP contribution in [0.25, 0.3) is 0 Å². The van der Waals surface area contributed by atoms with E-state index in [-0.39, 0.29) is 5.91 Å². The molecule has 0 atom stereocenters. The summed E-state index contributed by atoms with van der Waals surface area (Å²) < 4.78 is 11.5. The van der Waals surface area contributed by atoms with E-state index in [0.717, 1.165) is 4.35 Å². The number of nitrogens with one attached hydrogen (secondary N) is 1. The topological polar surface area (TPSA) is 89.3 Å². The van der Waals surface area contributed by atoms with Gasteiger partial charge in [-0.15, -0.1) is 0 Å². The molecule has 100 valence electrons. The third kappa shape index (κ3) is 3.39. The van der Waals surface area contributed by atoms with Crippen molar-refractivity contribution in [3.63, 3.8) is 0 Å². The first kappa shape index (κ1) is 14.2. The van der Waals surface area contributed by atoms with Crippen LogP contribution in [0.1, 0.15) is 20.7 Å². The number of rotatable bonds is 4. The molecule has 0 aliphatic carbocycles. The summed E-state index contributed by atoms with van der Waals surface area (Å²) in [4.78, 5) is 22.9. The zero-order chi connectivity index (χ0) is 14.5. The maximum atomic E-state index is 12.0. The Labute approximate surface area is 122 Å². The van der Waals surface area contributed by atoms with E-state index in [1.54, 1.807) is 24.3 Å². The third-order valence-corrected chi connectivity index (χ3v) is 3.73. The minimum absolute atomic E-state index is 0.288. The number of primary amides is 1. The van der Waals surface area contributed by atoms with Gasteiger partial charge in [-0.1, -0.05) is 0 Å². The Balaban J connectivity index is 2.10. The fourth-order valence-electron chi connectivity index (χ4n) is 1.59. The van der Waals surface area contributed by atoms with Crippen LogP contribution in [0.2, 0.25) is 0 Å². The SMILES string of the molecule is NC(=O)c1ccc(C(=O)Nc2ccc([As]=O)cc2)cc1. The van der Waals surface area contributed by atoms with E-state index in [9.17, 15) is 13.3 Å². The van der Waals surface area contributed by atoms with Crippen molar-refractivity contribution in [1.29, 1.82) is 0 Å². The molecule has 0 saturated heterocycles. The van der Waals surface area contributed by atoms with Crippen LogP contribution in [0.15, 0.2) is 48.5 Å². The fraction of sp³-hybridized carbons (Fsp3) is 0. The van der Waals surface area contributed by atoms with Crippen LogP contribution in [0, 0.1) is 0 Å². The van der Waals surface area contributed by atoms with E-state index in [2.05, 4.69) is 5.32 Å². The minimum atomic E-state index is -1.05. The van der Waals surface area contributed by atoms with Gasteiger partial charge >= 0.3 is 122 Å². The summed E-state index contributed by atoms with van der Waals surface area (Å²) in [5, 5.41) is 2.71. The standard InChI is InChI=1S/C14H11AsN2O3/c16-13(18)9-1-3-10(4-2-9)14(19)17-12-7-5-11(15-20)6-8-12/h1-8H,(H2,16,18)(H,17,19). The van der Waals surface area contributed by atoms with E-state index < -0.39 is 21.6 Å². The van der Waals surface area contributed by atoms with Crippen molar-refractivity contribution in [3.05, 3.63) is 59.7 Å². The normalized spacial score (nSPS) is 10.2. The summed E-state index contributed by atoms with van der Waals surface area (Å²) in [6.45, 7) is 0. The van der Waals surface area contributed by atoms with Crippen molar-refractivity contribution >= 4 is 37.5 Å². The van der Waals surface area contributed by atoms with Crippen molar-refractivity contribution in [3.8, 4) is 0 Å². The molecule has 0 radical (unpaired) electrons. The monoisotopic (exact) mass is 330 g/mol. The summed E-state index contributed by atoms with van der Waals surface area (Å²) >= 11 is -1.05. The molecule has 0 bridgehead atoms. The van der Waals surface area contributed by atoms with Crippen molar-refractivity contribution in [1.82, 2.24) is 0 Å². The first-order valence-corrected chi connectivity index (χ1v) is 7.45. The Hall–Kier alpha value is -2.26. The first-order valence-electron chi connectivity index (χ1n) is 5.75. The van der Waals surface area contributed by atoms with Crippen LogP contribution in [0.5, 0.6) is 0 Å². The Kier molecular flexibility index (Phi) is 4.43. The summed E-state index contributed by atoms with van der Waals surface area (Å²) in [5.74, 6) is -0.822. The Morgan fingerprint density at radius 1 is 0.900 bits per heavy atom. The van der Waals surface area contributed by atoms with E-state index in [4.69, 9.17) is 5.73 Å². The van der Waals surface area contributed by atoms with E-state index >= 15 is 0 Å². The van der Waals surface area contributed by atoms with Crippen molar-refractivity contribution in [2.24, 2.45) is 5.73 Å². The van der Waals surface area contributed by atoms with Crippen molar-refractivity contribution < 1.29 is 13.3 Å². The summed E-state index contributed by atoms with van der Waals surface area (Å²) in [6, 6.07) is 12.9. The second-order valence-corrected chi connectivity index (χ2v) is 5.50. The Bertz CT molecular complexity index is 651. The van der Waals surface area contributed by atoms with Crippen LogP contribution in [-0.4, -0.2) is 27.5 Å². The van der Waals surface area contributed by atoms with Gasteiger partial charge < -0.3 is 0 Å². The van der Waals surface area contributed by atoms with Gasteiger partial charge in [0.15, 0.2) is 0 Å². The molecule has 2 amide bonds. The molecule has 0 unspecified atom stereocenters. The molecule has 0 heterocycles. The number of anilines is 1. The molecule has 2 rings (SSSR count). The molecule has 5 nitrogen and oxygen atoms in total. The van der Waals surface area contributed by atoms with Gasteiger partial charge in [-0.05, 0) is 0 Å². The van der Waals surface area contributed by atoms with Gasteiger partial charge in [-0.2, -0.15) is 0 Å². The number of carbonyl (C=O) groups is 2. The second-order valence-electron chi connectivity index (χ2n) is 4.03. The van der Waals surface area contributed by atoms with Gasteiger partial charge in [-0.25, -0.2) is 0 Å². The van der Waals surface area contributed by atoms with Crippen LogP contribution < -0.4 is 15.4 Å². The Morgan fingerprint density at radius 3 is 1.95 bits per heavy atom. The molecule has 2 aromatic carbocycles. The summed E-state index contributed by atoms with van der Waals surface area (Å²) in [6.07, 6.45) is 0. The Morgan fingerprint density at radius 2 is 1.45 bits per heavy atom.